The Balaban J connectivity index is 1.65. The van der Waals surface area contributed by atoms with E-state index >= 15 is 0 Å². The van der Waals surface area contributed by atoms with Gasteiger partial charge in [0.25, 0.3) is 0 Å². The predicted octanol–water partition coefficient (Wildman–Crippen LogP) is 2.97. The van der Waals surface area contributed by atoms with Crippen molar-refractivity contribution in [2.75, 3.05) is 20.8 Å². The van der Waals surface area contributed by atoms with Crippen LogP contribution in [0.25, 0.3) is 0 Å². The monoisotopic (exact) mass is 442 g/mol. The molecular formula is C22H30N6O4. The zero-order valence-corrected chi connectivity index (χ0v) is 19.1. The van der Waals surface area contributed by atoms with E-state index < -0.39 is 6.04 Å². The molecule has 0 bridgehead atoms. The van der Waals surface area contributed by atoms with Crippen molar-refractivity contribution >= 4 is 6.03 Å². The average molecular weight is 443 g/mol. The van der Waals surface area contributed by atoms with Crippen molar-refractivity contribution in [1.29, 1.82) is 0 Å². The fraction of sp³-hybridized carbons (Fsp3) is 0.455. The molecule has 32 heavy (non-hydrogen) atoms. The molecule has 10 nitrogen and oxygen atoms in total. The first kappa shape index (κ1) is 23.1. The van der Waals surface area contributed by atoms with E-state index in [2.05, 4.69) is 25.8 Å². The lowest BCUT2D eigenvalue weighted by molar-refractivity contribution is 0.237. The van der Waals surface area contributed by atoms with Crippen molar-refractivity contribution in [3.63, 3.8) is 0 Å². The van der Waals surface area contributed by atoms with Gasteiger partial charge in [-0.2, -0.15) is 4.98 Å². The molecule has 3 aromatic rings. The van der Waals surface area contributed by atoms with Gasteiger partial charge in [-0.3, -0.25) is 0 Å². The van der Waals surface area contributed by atoms with E-state index in [1.807, 2.05) is 43.8 Å². The fourth-order valence-corrected chi connectivity index (χ4v) is 3.18. The second-order valence-corrected chi connectivity index (χ2v) is 7.68. The summed E-state index contributed by atoms with van der Waals surface area (Å²) < 4.78 is 17.9. The molecule has 2 aromatic heterocycles. The van der Waals surface area contributed by atoms with Crippen molar-refractivity contribution in [2.24, 2.45) is 7.05 Å². The van der Waals surface area contributed by atoms with Crippen LogP contribution in [-0.4, -0.2) is 46.5 Å². The number of aryl methyl sites for hydroxylation is 2. The minimum absolute atomic E-state index is 0.217. The number of carbonyl (C=O) groups is 1. The molecule has 1 unspecified atom stereocenters. The molecule has 10 heteroatoms. The van der Waals surface area contributed by atoms with Gasteiger partial charge in [-0.05, 0) is 24.1 Å². The lowest BCUT2D eigenvalue weighted by Gasteiger charge is -2.21. The zero-order chi connectivity index (χ0) is 23.1. The van der Waals surface area contributed by atoms with Crippen molar-refractivity contribution in [1.82, 2.24) is 30.3 Å². The van der Waals surface area contributed by atoms with Gasteiger partial charge in [-0.25, -0.2) is 9.78 Å². The van der Waals surface area contributed by atoms with Gasteiger partial charge in [0, 0.05) is 44.4 Å². The second kappa shape index (κ2) is 10.7. The van der Waals surface area contributed by atoms with Gasteiger partial charge >= 0.3 is 6.03 Å². The first-order chi connectivity index (χ1) is 15.4. The highest BCUT2D eigenvalue weighted by molar-refractivity contribution is 5.75. The molecule has 0 fully saturated rings. The van der Waals surface area contributed by atoms with Gasteiger partial charge < -0.3 is 29.2 Å². The topological polar surface area (TPSA) is 116 Å². The van der Waals surface area contributed by atoms with Crippen molar-refractivity contribution < 1.29 is 18.8 Å². The van der Waals surface area contributed by atoms with Gasteiger partial charge in [0.05, 0.1) is 14.2 Å². The van der Waals surface area contributed by atoms with Gasteiger partial charge in [0.1, 0.15) is 23.4 Å². The quantitative estimate of drug-likeness (QED) is 0.464. The van der Waals surface area contributed by atoms with Crippen LogP contribution in [0.5, 0.6) is 11.5 Å². The third-order valence-electron chi connectivity index (χ3n) is 4.95. The molecule has 0 saturated carbocycles. The van der Waals surface area contributed by atoms with Crippen LogP contribution in [0.15, 0.2) is 35.1 Å². The summed E-state index contributed by atoms with van der Waals surface area (Å²) in [6.07, 6.45) is 4.79. The third-order valence-corrected chi connectivity index (χ3v) is 4.95. The average Bonchev–Trinajstić information content (AvgIpc) is 3.44. The Morgan fingerprint density at radius 2 is 1.91 bits per heavy atom. The minimum Gasteiger partial charge on any atom is -0.497 e. The normalized spacial score (nSPS) is 11.9. The molecule has 0 radical (unpaired) electrons. The molecule has 0 spiro atoms. The highest BCUT2D eigenvalue weighted by Crippen LogP contribution is 2.29. The summed E-state index contributed by atoms with van der Waals surface area (Å²) in [5.41, 5.74) is 0.790. The van der Waals surface area contributed by atoms with Crippen LogP contribution in [0, 0.1) is 0 Å². The fourth-order valence-electron chi connectivity index (χ4n) is 3.18. The van der Waals surface area contributed by atoms with Gasteiger partial charge in [-0.1, -0.05) is 19.0 Å². The highest BCUT2D eigenvalue weighted by atomic mass is 16.5. The van der Waals surface area contributed by atoms with E-state index in [1.165, 1.54) is 0 Å². The Bertz CT molecular complexity index is 1010. The number of amides is 2. The first-order valence-electron chi connectivity index (χ1n) is 10.5. The van der Waals surface area contributed by atoms with Crippen LogP contribution in [-0.2, 0) is 13.5 Å². The maximum absolute atomic E-state index is 12.7. The third kappa shape index (κ3) is 5.77. The molecular weight excluding hydrogens is 412 g/mol. The molecule has 1 atom stereocenters. The second-order valence-electron chi connectivity index (χ2n) is 7.68. The molecule has 2 heterocycles. The lowest BCUT2D eigenvalue weighted by Crippen LogP contribution is -2.39. The van der Waals surface area contributed by atoms with E-state index in [4.69, 9.17) is 14.0 Å². The molecule has 2 N–H and O–H groups in total. The molecule has 3 rings (SSSR count). The van der Waals surface area contributed by atoms with Crippen LogP contribution in [0.2, 0.25) is 0 Å². The van der Waals surface area contributed by atoms with Crippen LogP contribution < -0.4 is 20.1 Å². The largest absolute Gasteiger partial charge is 0.497 e. The summed E-state index contributed by atoms with van der Waals surface area (Å²) in [7, 11) is 5.05. The Labute approximate surface area is 187 Å². The van der Waals surface area contributed by atoms with E-state index in [0.717, 1.165) is 5.56 Å². The standard InChI is InChI=1S/C22H30N6O4/c1-14(2)20-25-18(32-27-20)7-6-8-24-22(29)26-19(21-23-9-10-28(21)3)15-11-16(30-4)13-17(12-15)31-5/h9-14,19H,6-8H2,1-5H3,(H2,24,26,29). The maximum atomic E-state index is 12.7. The predicted molar refractivity (Wildman–Crippen MR) is 118 cm³/mol. The van der Waals surface area contributed by atoms with Crippen molar-refractivity contribution in [3.05, 3.63) is 53.7 Å². The number of ether oxygens (including phenoxy) is 2. The van der Waals surface area contributed by atoms with Gasteiger partial charge in [0.2, 0.25) is 5.89 Å². The van der Waals surface area contributed by atoms with Crippen LogP contribution in [0.1, 0.15) is 55.3 Å². The van der Waals surface area contributed by atoms with Crippen LogP contribution >= 0.6 is 0 Å². The van der Waals surface area contributed by atoms with Crippen molar-refractivity contribution in [3.8, 4) is 11.5 Å². The molecule has 0 aliphatic heterocycles. The number of urea groups is 1. The Hall–Kier alpha value is -3.56. The number of hydrogen-bond acceptors (Lipinski definition) is 7. The first-order valence-corrected chi connectivity index (χ1v) is 10.5. The summed E-state index contributed by atoms with van der Waals surface area (Å²) in [4.78, 5) is 21.4. The van der Waals surface area contributed by atoms with E-state index in [1.54, 1.807) is 26.5 Å². The van der Waals surface area contributed by atoms with Crippen molar-refractivity contribution in [2.45, 2.75) is 38.6 Å². The number of carbonyl (C=O) groups excluding carboxylic acids is 1. The van der Waals surface area contributed by atoms with E-state index in [0.29, 0.717) is 48.4 Å². The number of aromatic nitrogens is 4. The van der Waals surface area contributed by atoms with Crippen LogP contribution in [0.3, 0.4) is 0 Å². The summed E-state index contributed by atoms with van der Waals surface area (Å²) in [6.45, 7) is 4.48. The summed E-state index contributed by atoms with van der Waals surface area (Å²) in [6, 6.07) is 4.67. The highest BCUT2D eigenvalue weighted by Gasteiger charge is 2.22. The van der Waals surface area contributed by atoms with Gasteiger partial charge in [0.15, 0.2) is 5.82 Å². The number of methoxy groups -OCH3 is 2. The SMILES string of the molecule is COc1cc(OC)cc(C(NC(=O)NCCCc2nc(C(C)C)no2)c2nccn2C)c1. The number of benzene rings is 1. The number of rotatable bonds is 10. The summed E-state index contributed by atoms with van der Waals surface area (Å²) >= 11 is 0. The Kier molecular flexibility index (Phi) is 7.69. The maximum Gasteiger partial charge on any atom is 0.315 e. The molecule has 172 valence electrons. The summed E-state index contributed by atoms with van der Waals surface area (Å²) in [5, 5.41) is 9.83. The number of nitrogens with zero attached hydrogens (tertiary/aromatic N) is 4. The zero-order valence-electron chi connectivity index (χ0n) is 19.1. The van der Waals surface area contributed by atoms with Gasteiger partial charge in [-0.15, -0.1) is 0 Å². The molecule has 1 aromatic carbocycles. The number of nitrogens with one attached hydrogen (secondary N) is 2. The van der Waals surface area contributed by atoms with E-state index in [-0.39, 0.29) is 11.9 Å². The number of hydrogen-bond donors (Lipinski definition) is 2. The summed E-state index contributed by atoms with van der Waals surface area (Å²) in [5.74, 6) is 3.42. The Morgan fingerprint density at radius 1 is 1.19 bits per heavy atom. The van der Waals surface area contributed by atoms with Crippen LogP contribution in [0.4, 0.5) is 4.79 Å². The number of imidazole rings is 1. The molecule has 0 aliphatic carbocycles. The lowest BCUT2D eigenvalue weighted by atomic mass is 10.1. The Morgan fingerprint density at radius 3 is 2.47 bits per heavy atom. The van der Waals surface area contributed by atoms with E-state index in [9.17, 15) is 4.79 Å². The smallest absolute Gasteiger partial charge is 0.315 e. The molecule has 0 aliphatic rings. The minimum atomic E-state index is -0.497. The molecule has 0 saturated heterocycles. The molecule has 2 amide bonds.